The van der Waals surface area contributed by atoms with Crippen LogP contribution in [-0.4, -0.2) is 25.9 Å². The van der Waals surface area contributed by atoms with Gasteiger partial charge in [-0.3, -0.25) is 14.6 Å². The molecule has 0 unspecified atom stereocenters. The maximum atomic E-state index is 12.6. The molecule has 1 amide bonds. The Kier molecular flexibility index (Phi) is 3.57. The number of aryl methyl sites for hydroxylation is 1. The molecule has 0 atom stereocenters. The van der Waals surface area contributed by atoms with Crippen LogP contribution in [-0.2, 0) is 7.05 Å². The third-order valence-electron chi connectivity index (χ3n) is 3.86. The van der Waals surface area contributed by atoms with Crippen molar-refractivity contribution >= 4 is 39.0 Å². The topological polar surface area (TPSA) is 75.6 Å². The molecular formula is C15H14BrN5OS. The molecule has 0 aromatic carbocycles. The van der Waals surface area contributed by atoms with Crippen LogP contribution in [0.4, 0.5) is 5.82 Å². The van der Waals surface area contributed by atoms with Crippen LogP contribution in [0.1, 0.15) is 34.8 Å². The number of hydrogen-bond donors (Lipinski definition) is 2. The fourth-order valence-electron chi connectivity index (χ4n) is 2.57. The summed E-state index contributed by atoms with van der Waals surface area (Å²) in [6.07, 6.45) is 4.06. The van der Waals surface area contributed by atoms with Gasteiger partial charge in [0.25, 0.3) is 5.91 Å². The highest BCUT2D eigenvalue weighted by atomic mass is 79.9. The van der Waals surface area contributed by atoms with Crippen molar-refractivity contribution < 1.29 is 4.79 Å². The third-order valence-corrected chi connectivity index (χ3v) is 5.51. The zero-order chi connectivity index (χ0) is 16.0. The summed E-state index contributed by atoms with van der Waals surface area (Å²) in [4.78, 5) is 13.6. The first kappa shape index (κ1) is 14.6. The van der Waals surface area contributed by atoms with Gasteiger partial charge in [0, 0.05) is 18.7 Å². The monoisotopic (exact) mass is 391 g/mol. The van der Waals surface area contributed by atoms with Gasteiger partial charge in [-0.15, -0.1) is 11.3 Å². The van der Waals surface area contributed by atoms with Gasteiger partial charge in [0.2, 0.25) is 0 Å². The Bertz CT molecular complexity index is 876. The van der Waals surface area contributed by atoms with Crippen LogP contribution in [0.15, 0.2) is 28.2 Å². The molecule has 1 fully saturated rings. The van der Waals surface area contributed by atoms with Crippen LogP contribution in [0.2, 0.25) is 0 Å². The van der Waals surface area contributed by atoms with Crippen LogP contribution in [0.25, 0.3) is 10.6 Å². The normalized spacial score (nSPS) is 14.2. The van der Waals surface area contributed by atoms with Gasteiger partial charge in [-0.05, 0) is 46.8 Å². The van der Waals surface area contributed by atoms with Crippen molar-refractivity contribution in [2.75, 3.05) is 5.32 Å². The van der Waals surface area contributed by atoms with E-state index in [0.717, 1.165) is 32.8 Å². The molecule has 1 aliphatic carbocycles. The van der Waals surface area contributed by atoms with Crippen LogP contribution < -0.4 is 5.32 Å². The van der Waals surface area contributed by atoms with E-state index in [1.807, 2.05) is 18.2 Å². The summed E-state index contributed by atoms with van der Waals surface area (Å²) >= 11 is 5.05. The van der Waals surface area contributed by atoms with Crippen molar-refractivity contribution in [3.63, 3.8) is 0 Å². The number of carbonyl (C=O) groups is 1. The first-order valence-corrected chi connectivity index (χ1v) is 8.87. The lowest BCUT2D eigenvalue weighted by Crippen LogP contribution is -2.18. The molecule has 6 nitrogen and oxygen atoms in total. The lowest BCUT2D eigenvalue weighted by molar-refractivity contribution is 0.101. The highest BCUT2D eigenvalue weighted by Crippen LogP contribution is 2.41. The van der Waals surface area contributed by atoms with Crippen LogP contribution in [0.3, 0.4) is 0 Å². The first-order chi connectivity index (χ1) is 11.1. The summed E-state index contributed by atoms with van der Waals surface area (Å²) in [6.45, 7) is 0. The van der Waals surface area contributed by atoms with Gasteiger partial charge >= 0.3 is 0 Å². The SMILES string of the molecule is Cn1ncc(C2CC2)c1C(=O)Nc1cc(-c2ccc(Br)s2)[nH]n1. The first-order valence-electron chi connectivity index (χ1n) is 7.26. The average molecular weight is 392 g/mol. The van der Waals surface area contributed by atoms with E-state index >= 15 is 0 Å². The van der Waals surface area contributed by atoms with E-state index in [1.165, 1.54) is 0 Å². The lowest BCUT2D eigenvalue weighted by Gasteiger charge is -2.05. The van der Waals surface area contributed by atoms with E-state index < -0.39 is 0 Å². The van der Waals surface area contributed by atoms with Crippen molar-refractivity contribution in [2.45, 2.75) is 18.8 Å². The van der Waals surface area contributed by atoms with Crippen LogP contribution >= 0.6 is 27.3 Å². The van der Waals surface area contributed by atoms with E-state index in [-0.39, 0.29) is 5.91 Å². The van der Waals surface area contributed by atoms with E-state index in [9.17, 15) is 4.79 Å². The number of aromatic amines is 1. The van der Waals surface area contributed by atoms with E-state index in [2.05, 4.69) is 36.5 Å². The van der Waals surface area contributed by atoms with Crippen molar-refractivity contribution in [3.05, 3.63) is 39.4 Å². The molecule has 1 aliphatic rings. The number of carbonyl (C=O) groups excluding carboxylic acids is 1. The summed E-state index contributed by atoms with van der Waals surface area (Å²) in [5.74, 6) is 0.817. The fraction of sp³-hybridized carbons (Fsp3) is 0.267. The standard InChI is InChI=1S/C15H14BrN5OS/c1-21-14(9(7-17-21)8-2-3-8)15(22)18-13-6-10(19-20-13)11-4-5-12(16)23-11/h4-8H,2-3H2,1H3,(H2,18,19,20,22). The number of thiophene rings is 1. The fourth-order valence-corrected chi connectivity index (χ4v) is 3.92. The van der Waals surface area contributed by atoms with Gasteiger partial charge < -0.3 is 5.32 Å². The molecule has 23 heavy (non-hydrogen) atoms. The van der Waals surface area contributed by atoms with E-state index in [1.54, 1.807) is 29.3 Å². The molecule has 0 spiro atoms. The Morgan fingerprint density at radius 2 is 2.30 bits per heavy atom. The molecule has 3 heterocycles. The van der Waals surface area contributed by atoms with Crippen molar-refractivity contribution in [2.24, 2.45) is 7.05 Å². The Balaban J connectivity index is 1.55. The second kappa shape index (κ2) is 5.61. The van der Waals surface area contributed by atoms with Gasteiger partial charge in [0.05, 0.1) is 20.6 Å². The molecule has 1 saturated carbocycles. The highest BCUT2D eigenvalue weighted by Gasteiger charge is 2.31. The Morgan fingerprint density at radius 3 is 3.00 bits per heavy atom. The molecule has 118 valence electrons. The molecule has 4 rings (SSSR count). The van der Waals surface area contributed by atoms with E-state index in [4.69, 9.17) is 0 Å². The molecular weight excluding hydrogens is 378 g/mol. The minimum absolute atomic E-state index is 0.169. The van der Waals surface area contributed by atoms with Crippen molar-refractivity contribution in [1.29, 1.82) is 0 Å². The summed E-state index contributed by atoms with van der Waals surface area (Å²) in [6, 6.07) is 5.82. The molecule has 0 saturated heterocycles. The van der Waals surface area contributed by atoms with Crippen molar-refractivity contribution in [3.8, 4) is 10.6 Å². The Morgan fingerprint density at radius 1 is 1.48 bits per heavy atom. The molecule has 3 aromatic rings. The second-order valence-corrected chi connectivity index (χ2v) is 8.03. The number of amides is 1. The number of H-pyrrole nitrogens is 1. The maximum absolute atomic E-state index is 12.6. The number of halogens is 1. The number of nitrogens with one attached hydrogen (secondary N) is 2. The second-order valence-electron chi connectivity index (χ2n) is 5.57. The molecule has 3 aromatic heterocycles. The number of anilines is 1. The molecule has 0 bridgehead atoms. The smallest absolute Gasteiger partial charge is 0.275 e. The van der Waals surface area contributed by atoms with Gasteiger partial charge in [-0.2, -0.15) is 10.2 Å². The summed E-state index contributed by atoms with van der Waals surface area (Å²) in [5.41, 5.74) is 2.53. The van der Waals surface area contributed by atoms with E-state index in [0.29, 0.717) is 17.4 Å². The molecule has 0 aliphatic heterocycles. The summed E-state index contributed by atoms with van der Waals surface area (Å²) in [7, 11) is 1.79. The quantitative estimate of drug-likeness (QED) is 0.710. The predicted octanol–water partition coefficient (Wildman–Crippen LogP) is 3.76. The summed E-state index contributed by atoms with van der Waals surface area (Å²) < 4.78 is 2.68. The zero-order valence-electron chi connectivity index (χ0n) is 12.3. The van der Waals surface area contributed by atoms with Gasteiger partial charge in [-0.25, -0.2) is 0 Å². The van der Waals surface area contributed by atoms with Crippen molar-refractivity contribution in [1.82, 2.24) is 20.0 Å². The molecule has 2 N–H and O–H groups in total. The molecule has 8 heteroatoms. The maximum Gasteiger partial charge on any atom is 0.275 e. The van der Waals surface area contributed by atoms with Crippen LogP contribution in [0.5, 0.6) is 0 Å². The number of aromatic nitrogens is 4. The summed E-state index contributed by atoms with van der Waals surface area (Å²) in [5, 5.41) is 14.2. The Hall–Kier alpha value is -1.93. The largest absolute Gasteiger partial charge is 0.304 e. The third kappa shape index (κ3) is 2.84. The van der Waals surface area contributed by atoms with Crippen LogP contribution in [0, 0.1) is 0 Å². The number of rotatable bonds is 4. The Labute approximate surface area is 145 Å². The lowest BCUT2D eigenvalue weighted by atomic mass is 10.1. The molecule has 0 radical (unpaired) electrons. The van der Waals surface area contributed by atoms with Gasteiger partial charge in [0.1, 0.15) is 5.69 Å². The highest BCUT2D eigenvalue weighted by molar-refractivity contribution is 9.11. The number of hydrogen-bond acceptors (Lipinski definition) is 4. The number of nitrogens with zero attached hydrogens (tertiary/aromatic N) is 3. The minimum Gasteiger partial charge on any atom is -0.304 e. The predicted molar refractivity (Wildman–Crippen MR) is 92.7 cm³/mol. The zero-order valence-corrected chi connectivity index (χ0v) is 14.7. The minimum atomic E-state index is -0.169. The van der Waals surface area contributed by atoms with Gasteiger partial charge in [0.15, 0.2) is 5.82 Å². The van der Waals surface area contributed by atoms with Gasteiger partial charge in [-0.1, -0.05) is 0 Å². The average Bonchev–Trinajstić information content (AvgIpc) is 2.92.